The van der Waals surface area contributed by atoms with E-state index in [-0.39, 0.29) is 5.75 Å². The Morgan fingerprint density at radius 2 is 1.65 bits per heavy atom. The lowest BCUT2D eigenvalue weighted by molar-refractivity contribution is 0.414. The van der Waals surface area contributed by atoms with Crippen LogP contribution in [0, 0.1) is 0 Å². The summed E-state index contributed by atoms with van der Waals surface area (Å²) in [4.78, 5) is 9.20. The molecule has 4 aromatic rings. The van der Waals surface area contributed by atoms with Crippen LogP contribution in [0.5, 0.6) is 11.5 Å². The number of ether oxygens (including phenoxy) is 1. The normalized spacial score (nSPS) is 17.1. The number of fused-ring (bicyclic) bond motifs is 1. The maximum atomic E-state index is 10.6. The van der Waals surface area contributed by atoms with Crippen LogP contribution in [0.2, 0.25) is 0 Å². The van der Waals surface area contributed by atoms with Crippen molar-refractivity contribution in [3.8, 4) is 22.6 Å². The number of nitrogens with two attached hydrogens (primary N) is 1. The Morgan fingerprint density at radius 1 is 0.871 bits per heavy atom. The highest BCUT2D eigenvalue weighted by Gasteiger charge is 2.43. The van der Waals surface area contributed by atoms with Gasteiger partial charge in [-0.1, -0.05) is 48.5 Å². The molecule has 0 saturated heterocycles. The van der Waals surface area contributed by atoms with Gasteiger partial charge in [-0.05, 0) is 47.0 Å². The molecule has 1 unspecified atom stereocenters. The topological polar surface area (TPSA) is 80.7 Å². The van der Waals surface area contributed by atoms with Crippen molar-refractivity contribution in [3.05, 3.63) is 114 Å². The number of phenols is 1. The number of aromatic hydroxyl groups is 1. The Hall–Kier alpha value is -4.12. The fourth-order valence-electron chi connectivity index (χ4n) is 4.28. The first kappa shape index (κ1) is 18.9. The lowest BCUT2D eigenvalue weighted by Gasteiger charge is -2.30. The highest BCUT2D eigenvalue weighted by atomic mass is 16.5. The minimum absolute atomic E-state index is 0.185. The molecule has 0 fully saturated rings. The van der Waals surface area contributed by atoms with Crippen molar-refractivity contribution in [1.82, 2.24) is 4.98 Å². The van der Waals surface area contributed by atoms with E-state index in [1.807, 2.05) is 66.7 Å². The van der Waals surface area contributed by atoms with Crippen LogP contribution in [0.15, 0.2) is 96.2 Å². The van der Waals surface area contributed by atoms with Crippen LogP contribution in [0.3, 0.4) is 0 Å². The maximum absolute atomic E-state index is 10.6. The van der Waals surface area contributed by atoms with Crippen molar-refractivity contribution in [2.75, 3.05) is 7.11 Å². The van der Waals surface area contributed by atoms with Gasteiger partial charge >= 0.3 is 0 Å². The summed E-state index contributed by atoms with van der Waals surface area (Å²) in [5, 5.41) is 10.6. The standard InChI is InChI=1S/C26H21N3O2/c1-31-20-11-8-18(9-12-20)26(23-7-3-2-6-21(23)25(27)29-26)19-10-13-24(30)22(15-19)17-5-4-14-28-16-17/h2-16,30H,1H3,(H2,27,29). The van der Waals surface area contributed by atoms with Gasteiger partial charge in [0.2, 0.25) is 0 Å². The van der Waals surface area contributed by atoms with E-state index < -0.39 is 5.54 Å². The van der Waals surface area contributed by atoms with Crippen molar-refractivity contribution >= 4 is 5.84 Å². The van der Waals surface area contributed by atoms with Gasteiger partial charge in [-0.2, -0.15) is 0 Å². The van der Waals surface area contributed by atoms with Crippen LogP contribution in [-0.4, -0.2) is 23.0 Å². The van der Waals surface area contributed by atoms with Gasteiger partial charge < -0.3 is 15.6 Å². The van der Waals surface area contributed by atoms with E-state index >= 15 is 0 Å². The molecule has 1 atom stereocenters. The molecule has 0 aliphatic carbocycles. The van der Waals surface area contributed by atoms with E-state index in [1.165, 1.54) is 0 Å². The van der Waals surface area contributed by atoms with E-state index in [0.717, 1.165) is 33.6 Å². The number of pyridine rings is 1. The lowest BCUT2D eigenvalue weighted by Crippen LogP contribution is -2.25. The maximum Gasteiger partial charge on any atom is 0.139 e. The van der Waals surface area contributed by atoms with Gasteiger partial charge in [-0.15, -0.1) is 0 Å². The summed E-state index contributed by atoms with van der Waals surface area (Å²) >= 11 is 0. The van der Waals surface area contributed by atoms with Gasteiger partial charge in [0.25, 0.3) is 0 Å². The van der Waals surface area contributed by atoms with Crippen LogP contribution in [0.1, 0.15) is 22.3 Å². The first-order valence-electron chi connectivity index (χ1n) is 9.97. The predicted molar refractivity (Wildman–Crippen MR) is 121 cm³/mol. The average Bonchev–Trinajstić information content (AvgIpc) is 3.13. The average molecular weight is 407 g/mol. The number of benzene rings is 3. The van der Waals surface area contributed by atoms with Crippen LogP contribution in [-0.2, 0) is 5.54 Å². The summed E-state index contributed by atoms with van der Waals surface area (Å²) in [6, 6.07) is 25.2. The summed E-state index contributed by atoms with van der Waals surface area (Å²) < 4.78 is 5.35. The predicted octanol–water partition coefficient (Wildman–Crippen LogP) is 4.47. The van der Waals surface area contributed by atoms with Crippen LogP contribution >= 0.6 is 0 Å². The molecule has 0 spiro atoms. The van der Waals surface area contributed by atoms with Gasteiger partial charge in [0, 0.05) is 29.1 Å². The van der Waals surface area contributed by atoms with Crippen LogP contribution < -0.4 is 10.5 Å². The number of phenolic OH excluding ortho intramolecular Hbond substituents is 1. The molecule has 0 radical (unpaired) electrons. The van der Waals surface area contributed by atoms with Gasteiger partial charge in [0.05, 0.1) is 7.11 Å². The number of methoxy groups -OCH3 is 1. The molecule has 5 rings (SSSR count). The van der Waals surface area contributed by atoms with Crippen LogP contribution in [0.25, 0.3) is 11.1 Å². The largest absolute Gasteiger partial charge is 0.507 e. The van der Waals surface area contributed by atoms with Crippen molar-refractivity contribution in [2.45, 2.75) is 5.54 Å². The second kappa shape index (κ2) is 7.29. The van der Waals surface area contributed by atoms with Crippen molar-refractivity contribution in [3.63, 3.8) is 0 Å². The molecule has 0 bridgehead atoms. The molecule has 1 aliphatic rings. The van der Waals surface area contributed by atoms with Crippen molar-refractivity contribution in [2.24, 2.45) is 10.7 Å². The SMILES string of the molecule is COc1ccc(C2(c3ccc(O)c(-c4cccnc4)c3)N=C(N)c3ccccc32)cc1. The fourth-order valence-corrected chi connectivity index (χ4v) is 4.28. The number of aliphatic imine (C=N–C) groups is 1. The molecule has 5 nitrogen and oxygen atoms in total. The summed E-state index contributed by atoms with van der Waals surface area (Å²) in [5.74, 6) is 1.44. The van der Waals surface area contributed by atoms with E-state index in [9.17, 15) is 5.11 Å². The van der Waals surface area contributed by atoms with Gasteiger partial charge in [0.1, 0.15) is 22.9 Å². The number of nitrogens with zero attached hydrogens (tertiary/aromatic N) is 2. The van der Waals surface area contributed by atoms with E-state index in [0.29, 0.717) is 11.4 Å². The Morgan fingerprint density at radius 3 is 2.39 bits per heavy atom. The van der Waals surface area contributed by atoms with Gasteiger partial charge in [0.15, 0.2) is 0 Å². The minimum atomic E-state index is -0.836. The van der Waals surface area contributed by atoms with E-state index in [2.05, 4.69) is 11.1 Å². The summed E-state index contributed by atoms with van der Waals surface area (Å²) in [6.45, 7) is 0. The highest BCUT2D eigenvalue weighted by molar-refractivity contribution is 6.03. The molecule has 3 N–H and O–H groups in total. The molecule has 152 valence electrons. The molecule has 5 heteroatoms. The van der Waals surface area contributed by atoms with Gasteiger partial charge in [-0.25, -0.2) is 4.99 Å². The number of amidine groups is 1. The molecule has 31 heavy (non-hydrogen) atoms. The zero-order chi connectivity index (χ0) is 21.4. The summed E-state index contributed by atoms with van der Waals surface area (Å²) in [6.07, 6.45) is 3.45. The van der Waals surface area contributed by atoms with Crippen molar-refractivity contribution in [1.29, 1.82) is 0 Å². The monoisotopic (exact) mass is 407 g/mol. The summed E-state index contributed by atoms with van der Waals surface area (Å²) in [5.41, 5.74) is 10.9. The smallest absolute Gasteiger partial charge is 0.139 e. The Labute approximate surface area is 180 Å². The third-order valence-corrected chi connectivity index (χ3v) is 5.78. The lowest BCUT2D eigenvalue weighted by atomic mass is 9.77. The van der Waals surface area contributed by atoms with Crippen LogP contribution in [0.4, 0.5) is 0 Å². The number of aromatic nitrogens is 1. The second-order valence-corrected chi connectivity index (χ2v) is 7.46. The molecular formula is C26H21N3O2. The minimum Gasteiger partial charge on any atom is -0.507 e. The molecule has 2 heterocycles. The molecule has 1 aromatic heterocycles. The third kappa shape index (κ3) is 2.94. The highest BCUT2D eigenvalue weighted by Crippen LogP contribution is 2.47. The first-order chi connectivity index (χ1) is 15.1. The molecule has 1 aliphatic heterocycles. The molecule has 0 saturated carbocycles. The number of hydrogen-bond donors (Lipinski definition) is 2. The first-order valence-corrected chi connectivity index (χ1v) is 9.97. The van der Waals surface area contributed by atoms with Gasteiger partial charge in [-0.3, -0.25) is 4.98 Å². The molecular weight excluding hydrogens is 386 g/mol. The number of rotatable bonds is 4. The molecule has 0 amide bonds. The van der Waals surface area contributed by atoms with E-state index in [1.54, 1.807) is 25.6 Å². The number of hydrogen-bond acceptors (Lipinski definition) is 5. The third-order valence-electron chi connectivity index (χ3n) is 5.78. The zero-order valence-corrected chi connectivity index (χ0v) is 17.0. The van der Waals surface area contributed by atoms with E-state index in [4.69, 9.17) is 15.5 Å². The Kier molecular flexibility index (Phi) is 4.44. The summed E-state index contributed by atoms with van der Waals surface area (Å²) in [7, 11) is 1.64. The molecule has 3 aromatic carbocycles. The Bertz CT molecular complexity index is 1280. The fraction of sp³-hybridized carbons (Fsp3) is 0.0769. The quantitative estimate of drug-likeness (QED) is 0.523. The Balaban J connectivity index is 1.79. The van der Waals surface area contributed by atoms with Crippen molar-refractivity contribution < 1.29 is 9.84 Å². The second-order valence-electron chi connectivity index (χ2n) is 7.46. The zero-order valence-electron chi connectivity index (χ0n) is 17.0.